The molecule has 4 nitrogen and oxygen atoms in total. The number of hydrogen-bond donors (Lipinski definition) is 1. The van der Waals surface area contributed by atoms with Crippen molar-refractivity contribution in [2.75, 3.05) is 17.2 Å². The van der Waals surface area contributed by atoms with E-state index in [-0.39, 0.29) is 17.2 Å². The first-order valence-corrected chi connectivity index (χ1v) is 8.53. The maximum Gasteiger partial charge on any atom is 0.153 e. The normalized spacial score (nSPS) is 13.7. The maximum absolute atomic E-state index is 13.5. The van der Waals surface area contributed by atoms with Crippen LogP contribution in [0.4, 0.5) is 14.5 Å². The first kappa shape index (κ1) is 16.0. The van der Waals surface area contributed by atoms with E-state index in [9.17, 15) is 21.4 Å². The summed E-state index contributed by atoms with van der Waals surface area (Å²) in [4.78, 5) is -0.631. The Hall–Kier alpha value is -1.02. The summed E-state index contributed by atoms with van der Waals surface area (Å²) in [6.07, 6.45) is 0. The highest BCUT2D eigenvalue weighted by molar-refractivity contribution is 7.93. The lowest BCUT2D eigenvalue weighted by atomic mass is 10.3. The number of rotatable bonds is 5. The summed E-state index contributed by atoms with van der Waals surface area (Å²) in [5.41, 5.74) is 5.12. The zero-order chi connectivity index (χ0) is 14.8. The lowest BCUT2D eigenvalue weighted by Gasteiger charge is -2.09. The van der Waals surface area contributed by atoms with Gasteiger partial charge in [-0.25, -0.2) is 17.2 Å². The molecule has 1 atom stereocenters. The molecular weight excluding hydrogens is 296 g/mol. The third kappa shape index (κ3) is 3.97. The molecule has 0 aliphatic carbocycles. The lowest BCUT2D eigenvalue weighted by Crippen LogP contribution is -2.22. The van der Waals surface area contributed by atoms with Crippen molar-refractivity contribution in [3.8, 4) is 0 Å². The first-order chi connectivity index (χ1) is 8.65. The summed E-state index contributed by atoms with van der Waals surface area (Å²) in [6, 6.07) is 1.71. The monoisotopic (exact) mass is 311 g/mol. The van der Waals surface area contributed by atoms with E-state index in [1.807, 2.05) is 0 Å². The van der Waals surface area contributed by atoms with E-state index in [0.717, 1.165) is 12.1 Å². The van der Waals surface area contributed by atoms with E-state index in [1.54, 1.807) is 0 Å². The fraction of sp³-hybridized carbons (Fsp3) is 0.455. The predicted molar refractivity (Wildman–Crippen MR) is 71.0 cm³/mol. The second-order valence-corrected chi connectivity index (χ2v) is 8.46. The van der Waals surface area contributed by atoms with Gasteiger partial charge >= 0.3 is 0 Å². The maximum atomic E-state index is 13.5. The van der Waals surface area contributed by atoms with Crippen molar-refractivity contribution in [1.29, 1.82) is 0 Å². The second kappa shape index (κ2) is 5.96. The van der Waals surface area contributed by atoms with Crippen molar-refractivity contribution >= 4 is 26.3 Å². The van der Waals surface area contributed by atoms with Gasteiger partial charge in [-0.15, -0.1) is 0 Å². The van der Waals surface area contributed by atoms with Crippen LogP contribution in [-0.4, -0.2) is 29.4 Å². The van der Waals surface area contributed by atoms with Gasteiger partial charge in [0.25, 0.3) is 0 Å². The number of nitrogen functional groups attached to an aromatic ring is 1. The highest BCUT2D eigenvalue weighted by atomic mass is 32.2. The number of anilines is 1. The van der Waals surface area contributed by atoms with E-state index in [4.69, 9.17) is 5.73 Å². The van der Waals surface area contributed by atoms with Crippen molar-refractivity contribution in [2.24, 2.45) is 0 Å². The van der Waals surface area contributed by atoms with Gasteiger partial charge < -0.3 is 5.73 Å². The van der Waals surface area contributed by atoms with Crippen LogP contribution in [0.15, 0.2) is 17.0 Å². The average Bonchev–Trinajstić information content (AvgIpc) is 2.24. The minimum atomic E-state index is -3.40. The Bertz CT molecular complexity index is 577. The molecule has 0 aromatic heterocycles. The second-order valence-electron chi connectivity index (χ2n) is 4.28. The van der Waals surface area contributed by atoms with Crippen molar-refractivity contribution in [3.63, 3.8) is 0 Å². The third-order valence-corrected chi connectivity index (χ3v) is 6.41. The molecular formula is C11H15F2NO3S2. The topological polar surface area (TPSA) is 77.2 Å². The van der Waals surface area contributed by atoms with Crippen LogP contribution in [0.5, 0.6) is 0 Å². The average molecular weight is 311 g/mol. The highest BCUT2D eigenvalue weighted by Crippen LogP contribution is 2.20. The minimum Gasteiger partial charge on any atom is -0.399 e. The Morgan fingerprint density at radius 3 is 2.16 bits per heavy atom. The summed E-state index contributed by atoms with van der Waals surface area (Å²) in [7, 11) is -5.46. The van der Waals surface area contributed by atoms with Gasteiger partial charge in [0.05, 0.1) is 21.8 Å². The van der Waals surface area contributed by atoms with E-state index in [2.05, 4.69) is 0 Å². The molecule has 108 valence electrons. The quantitative estimate of drug-likeness (QED) is 0.836. The van der Waals surface area contributed by atoms with Crippen molar-refractivity contribution in [2.45, 2.75) is 24.0 Å². The van der Waals surface area contributed by atoms with Crippen molar-refractivity contribution < 1.29 is 21.4 Å². The summed E-state index contributed by atoms with van der Waals surface area (Å²) in [5, 5.41) is -0.620. The summed E-state index contributed by atoms with van der Waals surface area (Å²) >= 11 is 0. The molecule has 2 N–H and O–H groups in total. The number of benzene rings is 1. The molecule has 0 saturated heterocycles. The molecule has 1 aromatic carbocycles. The van der Waals surface area contributed by atoms with Crippen LogP contribution in [0.3, 0.4) is 0 Å². The fourth-order valence-electron chi connectivity index (χ4n) is 1.33. The van der Waals surface area contributed by atoms with Crippen LogP contribution >= 0.6 is 0 Å². The fourth-order valence-corrected chi connectivity index (χ4v) is 4.09. The molecule has 0 bridgehead atoms. The van der Waals surface area contributed by atoms with Gasteiger partial charge in [0.1, 0.15) is 16.5 Å². The van der Waals surface area contributed by atoms with Crippen LogP contribution in [-0.2, 0) is 20.6 Å². The predicted octanol–water partition coefficient (Wildman–Crippen LogP) is 1.48. The molecule has 0 aliphatic rings. The van der Waals surface area contributed by atoms with E-state index in [0.29, 0.717) is 0 Å². The molecule has 0 saturated carbocycles. The molecule has 1 unspecified atom stereocenters. The Labute approximate surface area is 113 Å². The van der Waals surface area contributed by atoms with Gasteiger partial charge in [-0.1, -0.05) is 0 Å². The molecule has 1 aromatic rings. The summed E-state index contributed by atoms with van der Waals surface area (Å²) in [6.45, 7) is 2.98. The summed E-state index contributed by atoms with van der Waals surface area (Å²) < 4.78 is 61.8. The third-order valence-electron chi connectivity index (χ3n) is 2.52. The van der Waals surface area contributed by atoms with E-state index >= 15 is 0 Å². The van der Waals surface area contributed by atoms with E-state index < -0.39 is 42.4 Å². The number of nitrogens with two attached hydrogens (primary N) is 1. The largest absolute Gasteiger partial charge is 0.399 e. The molecule has 0 amide bonds. The Morgan fingerprint density at radius 1 is 1.26 bits per heavy atom. The Balaban J connectivity index is 2.92. The van der Waals surface area contributed by atoms with Gasteiger partial charge in [0.15, 0.2) is 9.84 Å². The van der Waals surface area contributed by atoms with Crippen LogP contribution in [0, 0.1) is 11.6 Å². The van der Waals surface area contributed by atoms with Crippen LogP contribution in [0.1, 0.15) is 13.8 Å². The number of hydrogen-bond acceptors (Lipinski definition) is 4. The summed E-state index contributed by atoms with van der Waals surface area (Å²) in [5.74, 6) is -2.80. The van der Waals surface area contributed by atoms with Crippen LogP contribution < -0.4 is 5.73 Å². The highest BCUT2D eigenvalue weighted by Gasteiger charge is 2.21. The van der Waals surface area contributed by atoms with Gasteiger partial charge in [-0.3, -0.25) is 4.21 Å². The van der Waals surface area contributed by atoms with Gasteiger partial charge in [0.2, 0.25) is 0 Å². The van der Waals surface area contributed by atoms with Crippen LogP contribution in [0.25, 0.3) is 0 Å². The molecule has 8 heteroatoms. The zero-order valence-electron chi connectivity index (χ0n) is 10.5. The van der Waals surface area contributed by atoms with E-state index in [1.165, 1.54) is 13.8 Å². The molecule has 0 spiro atoms. The molecule has 1 rings (SSSR count). The number of sulfone groups is 1. The van der Waals surface area contributed by atoms with Crippen molar-refractivity contribution in [1.82, 2.24) is 0 Å². The Morgan fingerprint density at radius 2 is 1.74 bits per heavy atom. The Kier molecular flexibility index (Phi) is 5.03. The molecule has 0 fully saturated rings. The van der Waals surface area contributed by atoms with Gasteiger partial charge in [-0.2, -0.15) is 0 Å². The minimum absolute atomic E-state index is 0.120. The first-order valence-electron chi connectivity index (χ1n) is 5.49. The van der Waals surface area contributed by atoms with Gasteiger partial charge in [0, 0.05) is 11.4 Å². The SMILES string of the molecule is CC(C)S(=O)(=O)CCS(=O)c1c(F)cc(N)cc1F. The standard InChI is InChI=1S/C11H15F2NO3S2/c1-7(2)19(16,17)4-3-18(15)11-9(12)5-8(14)6-10(11)13/h5-7H,3-4,14H2,1-2H3. The van der Waals surface area contributed by atoms with Crippen LogP contribution in [0.2, 0.25) is 0 Å². The lowest BCUT2D eigenvalue weighted by molar-refractivity contribution is 0.535. The number of halogens is 2. The molecule has 0 aliphatic heterocycles. The molecule has 0 radical (unpaired) electrons. The van der Waals surface area contributed by atoms with Crippen molar-refractivity contribution in [3.05, 3.63) is 23.8 Å². The molecule has 0 heterocycles. The van der Waals surface area contributed by atoms with Gasteiger partial charge in [-0.05, 0) is 26.0 Å². The smallest absolute Gasteiger partial charge is 0.153 e. The molecule has 19 heavy (non-hydrogen) atoms. The zero-order valence-corrected chi connectivity index (χ0v) is 12.2.